The lowest BCUT2D eigenvalue weighted by Crippen LogP contribution is -2.58. The molecule has 162 valence electrons. The van der Waals surface area contributed by atoms with Gasteiger partial charge in [-0.3, -0.25) is 14.5 Å². The maximum absolute atomic E-state index is 14.1. The van der Waals surface area contributed by atoms with Crippen LogP contribution in [0.2, 0.25) is 0 Å². The number of carbonyl (C=O) groups excluding carboxylic acids is 2. The Morgan fingerprint density at radius 1 is 1.23 bits per heavy atom. The summed E-state index contributed by atoms with van der Waals surface area (Å²) in [6, 6.07) is 5.60. The number of carbonyl (C=O) groups is 2. The molecule has 2 heterocycles. The van der Waals surface area contributed by atoms with E-state index in [0.717, 1.165) is 50.9 Å². The Labute approximate surface area is 176 Å². The van der Waals surface area contributed by atoms with Crippen molar-refractivity contribution < 1.29 is 14.0 Å². The van der Waals surface area contributed by atoms with Crippen molar-refractivity contribution >= 4 is 22.7 Å². The van der Waals surface area contributed by atoms with Crippen LogP contribution in [0.15, 0.2) is 18.2 Å². The Balaban J connectivity index is 1.41. The molecule has 4 rings (SSSR count). The second kappa shape index (κ2) is 8.38. The molecule has 0 spiro atoms. The Hall–Kier alpha value is -2.41. The number of aromatic nitrogens is 1. The van der Waals surface area contributed by atoms with E-state index in [-0.39, 0.29) is 23.7 Å². The molecule has 6 nitrogen and oxygen atoms in total. The largest absolute Gasteiger partial charge is 0.350 e. The number of nitrogens with zero attached hydrogens (tertiary/aromatic N) is 2. The van der Waals surface area contributed by atoms with Gasteiger partial charge in [0.1, 0.15) is 11.5 Å². The molecule has 2 amide bonds. The number of H-pyrrole nitrogens is 1. The van der Waals surface area contributed by atoms with Gasteiger partial charge in [0.2, 0.25) is 5.91 Å². The number of nitrogens with one attached hydrogen (secondary N) is 2. The molecule has 2 fully saturated rings. The molecule has 7 heteroatoms. The lowest BCUT2D eigenvalue weighted by Gasteiger charge is -2.46. The summed E-state index contributed by atoms with van der Waals surface area (Å²) < 4.78 is 14.1. The number of fused-ring (bicyclic) bond motifs is 1. The van der Waals surface area contributed by atoms with Gasteiger partial charge in [-0.2, -0.15) is 0 Å². The molecule has 30 heavy (non-hydrogen) atoms. The Morgan fingerprint density at radius 2 is 2.03 bits per heavy atom. The van der Waals surface area contributed by atoms with Crippen LogP contribution < -0.4 is 5.32 Å². The fraction of sp³-hybridized carbons (Fsp3) is 0.565. The van der Waals surface area contributed by atoms with E-state index in [2.05, 4.69) is 22.1 Å². The van der Waals surface area contributed by atoms with Crippen molar-refractivity contribution in [2.75, 3.05) is 19.6 Å². The van der Waals surface area contributed by atoms with Crippen molar-refractivity contribution in [2.24, 2.45) is 0 Å². The average molecular weight is 415 g/mol. The van der Waals surface area contributed by atoms with Gasteiger partial charge in [-0.1, -0.05) is 6.07 Å². The number of hydrogen-bond donors (Lipinski definition) is 2. The topological polar surface area (TPSA) is 68.4 Å². The van der Waals surface area contributed by atoms with Crippen LogP contribution in [0.5, 0.6) is 0 Å². The monoisotopic (exact) mass is 414 g/mol. The third-order valence-electron chi connectivity index (χ3n) is 6.77. The van der Waals surface area contributed by atoms with E-state index < -0.39 is 0 Å². The number of piperazine rings is 1. The second-order valence-electron chi connectivity index (χ2n) is 8.88. The lowest BCUT2D eigenvalue weighted by atomic mass is 9.88. The van der Waals surface area contributed by atoms with Crippen molar-refractivity contribution in [3.63, 3.8) is 0 Å². The molecule has 1 aliphatic carbocycles. The highest BCUT2D eigenvalue weighted by atomic mass is 19.1. The van der Waals surface area contributed by atoms with Gasteiger partial charge < -0.3 is 15.2 Å². The molecule has 0 radical (unpaired) electrons. The summed E-state index contributed by atoms with van der Waals surface area (Å²) in [4.78, 5) is 32.0. The zero-order valence-electron chi connectivity index (χ0n) is 18.0. The predicted molar refractivity (Wildman–Crippen MR) is 115 cm³/mol. The first-order valence-electron chi connectivity index (χ1n) is 10.9. The fourth-order valence-corrected chi connectivity index (χ4v) is 5.11. The van der Waals surface area contributed by atoms with Crippen molar-refractivity contribution in [2.45, 2.75) is 64.6 Å². The molecule has 1 aromatic carbocycles. The molecular formula is C23H31FN4O2. The Bertz CT molecular complexity index is 917. The highest BCUT2D eigenvalue weighted by Crippen LogP contribution is 2.27. The smallest absolute Gasteiger partial charge is 0.267 e. The standard InChI is InChI=1S/C23H31FN4O2/c1-14-7-8-20(24)19-12-21(26-22(14)19)23(30)25-17-5-4-6-18(11-17)28-10-9-27(16(3)29)13-15(28)2/h7-8,12,15,17-18,26H,4-6,9-11,13H2,1-3H3,(H,25,30)/t15-,17-,18+/m1/s1. The molecule has 1 saturated heterocycles. The molecule has 1 aliphatic heterocycles. The number of amides is 2. The van der Waals surface area contributed by atoms with Crippen molar-refractivity contribution in [1.29, 1.82) is 0 Å². The van der Waals surface area contributed by atoms with E-state index in [1.807, 2.05) is 11.8 Å². The van der Waals surface area contributed by atoms with Gasteiger partial charge in [0.15, 0.2) is 0 Å². The normalized spacial score (nSPS) is 25.5. The van der Waals surface area contributed by atoms with E-state index in [1.54, 1.807) is 19.1 Å². The van der Waals surface area contributed by atoms with E-state index in [1.165, 1.54) is 6.07 Å². The number of halogens is 1. The predicted octanol–water partition coefficient (Wildman–Crippen LogP) is 3.21. The number of benzene rings is 1. The molecular weight excluding hydrogens is 383 g/mol. The lowest BCUT2D eigenvalue weighted by molar-refractivity contribution is -0.132. The molecule has 2 N–H and O–H groups in total. The first-order valence-corrected chi connectivity index (χ1v) is 10.9. The second-order valence-corrected chi connectivity index (χ2v) is 8.88. The van der Waals surface area contributed by atoms with Crippen molar-refractivity contribution in [1.82, 2.24) is 20.1 Å². The van der Waals surface area contributed by atoms with Gasteiger partial charge in [0.25, 0.3) is 5.91 Å². The maximum atomic E-state index is 14.1. The first-order chi connectivity index (χ1) is 14.3. The van der Waals surface area contributed by atoms with Gasteiger partial charge in [-0.05, 0) is 57.2 Å². The molecule has 3 atom stereocenters. The summed E-state index contributed by atoms with van der Waals surface area (Å²) in [7, 11) is 0. The summed E-state index contributed by atoms with van der Waals surface area (Å²) >= 11 is 0. The molecule has 0 bridgehead atoms. The first kappa shape index (κ1) is 20.8. The van der Waals surface area contributed by atoms with Crippen LogP contribution in [0.4, 0.5) is 4.39 Å². The van der Waals surface area contributed by atoms with Crippen LogP contribution in [-0.4, -0.2) is 64.4 Å². The third-order valence-corrected chi connectivity index (χ3v) is 6.77. The molecule has 2 aromatic rings. The van der Waals surface area contributed by atoms with E-state index in [0.29, 0.717) is 28.7 Å². The zero-order chi connectivity index (χ0) is 21.4. The molecule has 2 aliphatic rings. The number of rotatable bonds is 3. The molecule has 0 unspecified atom stereocenters. The minimum atomic E-state index is -0.317. The van der Waals surface area contributed by atoms with E-state index in [9.17, 15) is 14.0 Å². The van der Waals surface area contributed by atoms with Crippen LogP contribution in [0.1, 0.15) is 55.6 Å². The van der Waals surface area contributed by atoms with Gasteiger partial charge in [0, 0.05) is 50.1 Å². The van der Waals surface area contributed by atoms with Crippen molar-refractivity contribution in [3.05, 3.63) is 35.3 Å². The van der Waals surface area contributed by atoms with Crippen LogP contribution >= 0.6 is 0 Å². The van der Waals surface area contributed by atoms with Gasteiger partial charge >= 0.3 is 0 Å². The molecule has 1 aromatic heterocycles. The Kier molecular flexibility index (Phi) is 5.82. The van der Waals surface area contributed by atoms with E-state index in [4.69, 9.17) is 0 Å². The minimum Gasteiger partial charge on any atom is -0.350 e. The average Bonchev–Trinajstić information content (AvgIpc) is 3.18. The summed E-state index contributed by atoms with van der Waals surface area (Å²) in [5.41, 5.74) is 2.00. The Morgan fingerprint density at radius 3 is 2.73 bits per heavy atom. The van der Waals surface area contributed by atoms with Crippen LogP contribution in [0.3, 0.4) is 0 Å². The zero-order valence-corrected chi connectivity index (χ0v) is 18.0. The van der Waals surface area contributed by atoms with Gasteiger partial charge in [0.05, 0.1) is 5.52 Å². The van der Waals surface area contributed by atoms with Crippen LogP contribution in [-0.2, 0) is 4.79 Å². The summed E-state index contributed by atoms with van der Waals surface area (Å²) in [5, 5.41) is 3.62. The summed E-state index contributed by atoms with van der Waals surface area (Å²) in [5.74, 6) is -0.354. The minimum absolute atomic E-state index is 0.103. The number of hydrogen-bond acceptors (Lipinski definition) is 3. The van der Waals surface area contributed by atoms with Crippen LogP contribution in [0.25, 0.3) is 10.9 Å². The highest BCUT2D eigenvalue weighted by molar-refractivity contribution is 5.99. The third kappa shape index (κ3) is 4.08. The van der Waals surface area contributed by atoms with E-state index >= 15 is 0 Å². The van der Waals surface area contributed by atoms with Gasteiger partial charge in [-0.15, -0.1) is 0 Å². The fourth-order valence-electron chi connectivity index (χ4n) is 5.11. The quantitative estimate of drug-likeness (QED) is 0.810. The summed E-state index contributed by atoms with van der Waals surface area (Å²) in [6.45, 7) is 8.13. The molecule has 1 saturated carbocycles. The SMILES string of the molecule is CC(=O)N1CCN([C@H]2CCC[C@@H](NC(=O)c3cc4c(F)ccc(C)c4[nH]3)C2)[C@H](C)C1. The number of aromatic amines is 1. The van der Waals surface area contributed by atoms with Crippen molar-refractivity contribution in [3.8, 4) is 0 Å². The maximum Gasteiger partial charge on any atom is 0.267 e. The highest BCUT2D eigenvalue weighted by Gasteiger charge is 2.34. The van der Waals surface area contributed by atoms with Gasteiger partial charge in [-0.25, -0.2) is 4.39 Å². The van der Waals surface area contributed by atoms with Crippen LogP contribution in [0, 0.1) is 12.7 Å². The summed E-state index contributed by atoms with van der Waals surface area (Å²) in [6.07, 6.45) is 4.05. The number of aryl methyl sites for hydroxylation is 1.